The van der Waals surface area contributed by atoms with Crippen LogP contribution in [0.2, 0.25) is 0 Å². The molecule has 0 spiro atoms. The van der Waals surface area contributed by atoms with Gasteiger partial charge < -0.3 is 21.1 Å². The number of fused-ring (bicyclic) bond motifs is 1. The minimum absolute atomic E-state index is 0.147. The fourth-order valence-electron chi connectivity index (χ4n) is 3.20. The van der Waals surface area contributed by atoms with Crippen molar-refractivity contribution in [2.75, 3.05) is 23.7 Å². The number of nitrogens with zero attached hydrogens (tertiary/aromatic N) is 4. The summed E-state index contributed by atoms with van der Waals surface area (Å²) < 4.78 is 1.69. The highest BCUT2D eigenvalue weighted by molar-refractivity contribution is 5.89. The monoisotopic (exact) mass is 427 g/mol. The molecule has 4 N–H and O–H groups in total. The first-order chi connectivity index (χ1) is 15.5. The third-order valence-corrected chi connectivity index (χ3v) is 4.82. The second kappa shape index (κ2) is 9.06. The lowest BCUT2D eigenvalue weighted by atomic mass is 10.1. The van der Waals surface area contributed by atoms with Gasteiger partial charge >= 0.3 is 6.03 Å². The predicted molar refractivity (Wildman–Crippen MR) is 121 cm³/mol. The van der Waals surface area contributed by atoms with E-state index in [0.717, 1.165) is 5.56 Å². The van der Waals surface area contributed by atoms with Gasteiger partial charge in [0.1, 0.15) is 11.6 Å². The molecule has 0 fully saturated rings. The molecule has 9 nitrogen and oxygen atoms in total. The molecule has 2 aromatic carbocycles. The summed E-state index contributed by atoms with van der Waals surface area (Å²) in [6, 6.07) is 17.1. The molecule has 32 heavy (non-hydrogen) atoms. The van der Waals surface area contributed by atoms with E-state index in [1.54, 1.807) is 53.2 Å². The summed E-state index contributed by atoms with van der Waals surface area (Å²) in [5.41, 5.74) is 3.96. The van der Waals surface area contributed by atoms with Crippen molar-refractivity contribution in [2.24, 2.45) is 0 Å². The van der Waals surface area contributed by atoms with Gasteiger partial charge in [0.25, 0.3) is 0 Å². The third kappa shape index (κ3) is 4.44. The van der Waals surface area contributed by atoms with Gasteiger partial charge in [-0.15, -0.1) is 0 Å². The van der Waals surface area contributed by atoms with Crippen LogP contribution in [0.4, 0.5) is 16.3 Å². The molecular weight excluding hydrogens is 406 g/mol. The lowest BCUT2D eigenvalue weighted by Crippen LogP contribution is -2.32. The van der Waals surface area contributed by atoms with Crippen molar-refractivity contribution in [1.82, 2.24) is 19.9 Å². The molecule has 0 radical (unpaired) electrons. The number of para-hydroxylation sites is 1. The molecule has 0 bridgehead atoms. The van der Waals surface area contributed by atoms with Gasteiger partial charge in [-0.2, -0.15) is 14.9 Å². The van der Waals surface area contributed by atoms with Crippen LogP contribution in [0, 0.1) is 18.3 Å². The Kier molecular flexibility index (Phi) is 5.85. The fraction of sp³-hybridized carbons (Fsp3) is 0.130. The van der Waals surface area contributed by atoms with Crippen LogP contribution in [-0.4, -0.2) is 38.8 Å². The van der Waals surface area contributed by atoms with Crippen LogP contribution in [-0.2, 0) is 0 Å². The summed E-state index contributed by atoms with van der Waals surface area (Å²) in [6.45, 7) is 2.72. The van der Waals surface area contributed by atoms with Gasteiger partial charge in [-0.1, -0.05) is 12.1 Å². The summed E-state index contributed by atoms with van der Waals surface area (Å²) in [6.07, 6.45) is 1.73. The number of phenolic OH excluding ortho intramolecular Hbond substituents is 1. The first-order valence-electron chi connectivity index (χ1n) is 9.98. The van der Waals surface area contributed by atoms with E-state index in [1.165, 1.54) is 0 Å². The van der Waals surface area contributed by atoms with E-state index >= 15 is 0 Å². The lowest BCUT2D eigenvalue weighted by Gasteiger charge is -2.12. The zero-order chi connectivity index (χ0) is 22.5. The van der Waals surface area contributed by atoms with Crippen molar-refractivity contribution in [3.8, 4) is 23.1 Å². The Hall–Kier alpha value is -4.58. The number of hydrogen-bond acceptors (Lipinski definition) is 6. The highest BCUT2D eigenvalue weighted by Gasteiger charge is 2.13. The number of aryl methyl sites for hydroxylation is 1. The van der Waals surface area contributed by atoms with Crippen LogP contribution in [0.15, 0.2) is 60.8 Å². The quantitative estimate of drug-likeness (QED) is 0.349. The molecule has 0 saturated carbocycles. The number of hydrogen-bond donors (Lipinski definition) is 4. The average molecular weight is 427 g/mol. The standard InChI is InChI=1S/C23H21N7O2/c1-15-14-27-30-21(12-19(29-22(15)30)18-4-2-3-5-20(18)31)25-10-11-26-23(32)28-17-8-6-16(13-24)7-9-17/h2-9,12,14,25,31H,10-11H2,1H3,(H2,26,28,32). The summed E-state index contributed by atoms with van der Waals surface area (Å²) in [7, 11) is 0. The smallest absolute Gasteiger partial charge is 0.319 e. The minimum atomic E-state index is -0.346. The third-order valence-electron chi connectivity index (χ3n) is 4.82. The maximum absolute atomic E-state index is 12.1. The fourth-order valence-corrected chi connectivity index (χ4v) is 3.20. The van der Waals surface area contributed by atoms with E-state index in [4.69, 9.17) is 5.26 Å². The second-order valence-corrected chi connectivity index (χ2v) is 7.10. The maximum Gasteiger partial charge on any atom is 0.319 e. The van der Waals surface area contributed by atoms with Crippen LogP contribution in [0.1, 0.15) is 11.1 Å². The van der Waals surface area contributed by atoms with Gasteiger partial charge in [-0.3, -0.25) is 0 Å². The van der Waals surface area contributed by atoms with Gasteiger partial charge in [0.2, 0.25) is 0 Å². The normalized spacial score (nSPS) is 10.5. The Morgan fingerprint density at radius 2 is 1.94 bits per heavy atom. The number of benzene rings is 2. The summed E-state index contributed by atoms with van der Waals surface area (Å²) >= 11 is 0. The number of urea groups is 1. The number of nitrogens with one attached hydrogen (secondary N) is 3. The second-order valence-electron chi connectivity index (χ2n) is 7.10. The zero-order valence-corrected chi connectivity index (χ0v) is 17.3. The number of carbonyl (C=O) groups excluding carboxylic acids is 1. The van der Waals surface area contributed by atoms with Gasteiger partial charge in [0.15, 0.2) is 5.65 Å². The van der Waals surface area contributed by atoms with E-state index in [1.807, 2.05) is 25.1 Å². The lowest BCUT2D eigenvalue weighted by molar-refractivity contribution is 0.252. The number of rotatable bonds is 6. The molecule has 2 amide bonds. The van der Waals surface area contributed by atoms with Crippen molar-refractivity contribution in [2.45, 2.75) is 6.92 Å². The number of anilines is 2. The van der Waals surface area contributed by atoms with Crippen molar-refractivity contribution < 1.29 is 9.90 Å². The summed E-state index contributed by atoms with van der Waals surface area (Å²) in [5.74, 6) is 0.837. The molecule has 9 heteroatoms. The molecular formula is C23H21N7O2. The molecule has 0 saturated heterocycles. The molecule has 4 aromatic rings. The molecule has 4 rings (SSSR count). The highest BCUT2D eigenvalue weighted by atomic mass is 16.3. The maximum atomic E-state index is 12.1. The number of aromatic nitrogens is 3. The van der Waals surface area contributed by atoms with Gasteiger partial charge in [-0.05, 0) is 43.3 Å². The predicted octanol–water partition coefficient (Wildman–Crippen LogP) is 3.52. The van der Waals surface area contributed by atoms with E-state index in [9.17, 15) is 9.90 Å². The molecule has 0 aliphatic carbocycles. The SMILES string of the molecule is Cc1cnn2c(NCCNC(=O)Nc3ccc(C#N)cc3)cc(-c3ccccc3O)nc12. The Balaban J connectivity index is 1.42. The van der Waals surface area contributed by atoms with Crippen molar-refractivity contribution >= 4 is 23.2 Å². The average Bonchev–Trinajstić information content (AvgIpc) is 3.18. The van der Waals surface area contributed by atoms with Gasteiger partial charge in [0, 0.05) is 36.0 Å². The topological polar surface area (TPSA) is 127 Å². The minimum Gasteiger partial charge on any atom is -0.507 e. The largest absolute Gasteiger partial charge is 0.507 e. The zero-order valence-electron chi connectivity index (χ0n) is 17.3. The van der Waals surface area contributed by atoms with Crippen molar-refractivity contribution in [1.29, 1.82) is 5.26 Å². The Bertz CT molecular complexity index is 1310. The van der Waals surface area contributed by atoms with Crippen LogP contribution in [0.3, 0.4) is 0 Å². The number of carbonyl (C=O) groups is 1. The Morgan fingerprint density at radius 1 is 1.16 bits per heavy atom. The summed E-state index contributed by atoms with van der Waals surface area (Å²) in [5, 5.41) is 32.2. The van der Waals surface area contributed by atoms with Crippen LogP contribution >= 0.6 is 0 Å². The Labute approximate surface area is 184 Å². The number of aromatic hydroxyl groups is 1. The number of amides is 2. The van der Waals surface area contributed by atoms with Crippen molar-refractivity contribution in [3.63, 3.8) is 0 Å². The molecule has 2 heterocycles. The molecule has 0 aliphatic rings. The van der Waals surface area contributed by atoms with E-state index in [0.29, 0.717) is 47.1 Å². The Morgan fingerprint density at radius 3 is 2.69 bits per heavy atom. The molecule has 160 valence electrons. The first-order valence-corrected chi connectivity index (χ1v) is 9.98. The van der Waals surface area contributed by atoms with Crippen LogP contribution in [0.5, 0.6) is 5.75 Å². The highest BCUT2D eigenvalue weighted by Crippen LogP contribution is 2.29. The van der Waals surface area contributed by atoms with E-state index < -0.39 is 0 Å². The van der Waals surface area contributed by atoms with Crippen LogP contribution < -0.4 is 16.0 Å². The molecule has 0 unspecified atom stereocenters. The summed E-state index contributed by atoms with van der Waals surface area (Å²) in [4.78, 5) is 16.7. The first kappa shape index (κ1) is 20.7. The van der Waals surface area contributed by atoms with Crippen molar-refractivity contribution in [3.05, 3.63) is 71.9 Å². The van der Waals surface area contributed by atoms with Gasteiger partial charge in [0.05, 0.1) is 23.5 Å². The van der Waals surface area contributed by atoms with Crippen LogP contribution in [0.25, 0.3) is 16.9 Å². The van der Waals surface area contributed by atoms with E-state index in [2.05, 4.69) is 26.0 Å². The van der Waals surface area contributed by atoms with Gasteiger partial charge in [-0.25, -0.2) is 9.78 Å². The molecule has 2 aromatic heterocycles. The number of phenols is 1. The molecule has 0 atom stereocenters. The number of nitriles is 1. The molecule has 0 aliphatic heterocycles. The van der Waals surface area contributed by atoms with E-state index in [-0.39, 0.29) is 11.8 Å².